The first kappa shape index (κ1) is 26.1. The number of methoxy groups -OCH3 is 4. The number of halogens is 1. The van der Waals surface area contributed by atoms with Crippen molar-refractivity contribution in [2.45, 2.75) is 26.3 Å². The lowest BCUT2D eigenvalue weighted by Gasteiger charge is -2.22. The number of aromatic nitrogens is 3. The van der Waals surface area contributed by atoms with Gasteiger partial charge in [-0.2, -0.15) is 0 Å². The third-order valence-electron chi connectivity index (χ3n) is 5.37. The van der Waals surface area contributed by atoms with Crippen molar-refractivity contribution in [3.8, 4) is 39.9 Å². The van der Waals surface area contributed by atoms with Crippen molar-refractivity contribution in [3.05, 3.63) is 36.5 Å². The van der Waals surface area contributed by atoms with Crippen molar-refractivity contribution >= 4 is 23.4 Å². The summed E-state index contributed by atoms with van der Waals surface area (Å²) < 4.78 is 24.4. The van der Waals surface area contributed by atoms with Crippen LogP contribution in [0, 0.1) is 5.92 Å². The van der Waals surface area contributed by atoms with Crippen molar-refractivity contribution in [3.63, 3.8) is 0 Å². The molecule has 1 aromatic heterocycles. The highest BCUT2D eigenvalue weighted by Crippen LogP contribution is 2.40. The lowest BCUT2D eigenvalue weighted by Crippen LogP contribution is -2.40. The molecule has 0 saturated heterocycles. The third-order valence-corrected chi connectivity index (χ3v) is 5.71. The Kier molecular flexibility index (Phi) is 8.42. The fourth-order valence-corrected chi connectivity index (χ4v) is 3.95. The average Bonchev–Trinajstić information content (AvgIpc) is 3.36. The summed E-state index contributed by atoms with van der Waals surface area (Å²) in [6, 6.07) is 8.02. The Balaban J connectivity index is 2.07. The molecule has 0 aliphatic carbocycles. The highest BCUT2D eigenvalue weighted by atomic mass is 35.5. The molecule has 0 radical (unpaired) electrons. The molecule has 1 amide bonds. The number of nitrogens with zero attached hydrogens (tertiary/aromatic N) is 4. The third kappa shape index (κ3) is 5.44. The molecule has 10 nitrogen and oxygen atoms in total. The van der Waals surface area contributed by atoms with Crippen LogP contribution in [0.25, 0.3) is 16.9 Å². The van der Waals surface area contributed by atoms with Gasteiger partial charge in [-0.25, -0.2) is 9.10 Å². The van der Waals surface area contributed by atoms with E-state index in [2.05, 4.69) is 10.3 Å². The SMILES string of the molecule is COc1ccc(-c2cnnn2-c2cc(OC)c(OC)c(OC)c2)cc1N(Cl)C(=O)C(N)CC(C)C. The Bertz CT molecular complexity index is 1160. The lowest BCUT2D eigenvalue weighted by molar-refractivity contribution is -0.119. The fourth-order valence-electron chi connectivity index (χ4n) is 3.69. The summed E-state index contributed by atoms with van der Waals surface area (Å²) >= 11 is 6.46. The van der Waals surface area contributed by atoms with Crippen molar-refractivity contribution in [2.75, 3.05) is 32.9 Å². The van der Waals surface area contributed by atoms with Crippen LogP contribution in [0.2, 0.25) is 0 Å². The van der Waals surface area contributed by atoms with Gasteiger partial charge in [0.2, 0.25) is 5.75 Å². The molecule has 1 heterocycles. The van der Waals surface area contributed by atoms with Gasteiger partial charge in [-0.3, -0.25) is 4.79 Å². The number of carbonyl (C=O) groups excluding carboxylic acids is 1. The summed E-state index contributed by atoms with van der Waals surface area (Å²) in [5.74, 6) is 1.63. The molecule has 2 aromatic carbocycles. The molecule has 35 heavy (non-hydrogen) atoms. The van der Waals surface area contributed by atoms with Gasteiger partial charge in [0.1, 0.15) is 11.4 Å². The molecule has 188 valence electrons. The van der Waals surface area contributed by atoms with Crippen molar-refractivity contribution < 1.29 is 23.7 Å². The molecule has 0 aliphatic heterocycles. The first-order valence-corrected chi connectivity index (χ1v) is 11.2. The molecule has 0 fully saturated rings. The first-order valence-electron chi connectivity index (χ1n) is 10.9. The number of benzene rings is 2. The molecule has 3 aromatic rings. The van der Waals surface area contributed by atoms with E-state index < -0.39 is 11.9 Å². The highest BCUT2D eigenvalue weighted by Gasteiger charge is 2.25. The minimum Gasteiger partial charge on any atom is -0.495 e. The van der Waals surface area contributed by atoms with Crippen LogP contribution in [0.3, 0.4) is 0 Å². The minimum absolute atomic E-state index is 0.242. The van der Waals surface area contributed by atoms with Crippen LogP contribution >= 0.6 is 11.8 Å². The van der Waals surface area contributed by atoms with Gasteiger partial charge in [-0.1, -0.05) is 19.1 Å². The largest absolute Gasteiger partial charge is 0.495 e. The average molecular weight is 504 g/mol. The van der Waals surface area contributed by atoms with Crippen molar-refractivity contribution in [2.24, 2.45) is 11.7 Å². The Morgan fingerprint density at radius 1 is 1.03 bits per heavy atom. The van der Waals surface area contributed by atoms with Gasteiger partial charge in [0.05, 0.1) is 52.1 Å². The summed E-state index contributed by atoms with van der Waals surface area (Å²) in [6.07, 6.45) is 2.10. The molecule has 2 N–H and O–H groups in total. The van der Waals surface area contributed by atoms with Crippen molar-refractivity contribution in [1.29, 1.82) is 0 Å². The van der Waals surface area contributed by atoms with E-state index in [9.17, 15) is 4.79 Å². The molecule has 0 saturated carbocycles. The number of hydrogen-bond acceptors (Lipinski definition) is 8. The van der Waals surface area contributed by atoms with Crippen LogP contribution in [0.15, 0.2) is 36.5 Å². The Morgan fingerprint density at radius 2 is 1.66 bits per heavy atom. The molecular weight excluding hydrogens is 474 g/mol. The van der Waals surface area contributed by atoms with Gasteiger partial charge in [0.25, 0.3) is 5.91 Å². The van der Waals surface area contributed by atoms with Crippen LogP contribution in [0.5, 0.6) is 23.0 Å². The van der Waals surface area contributed by atoms with Gasteiger partial charge in [-0.05, 0) is 30.5 Å². The molecule has 0 bridgehead atoms. The minimum atomic E-state index is -0.743. The summed E-state index contributed by atoms with van der Waals surface area (Å²) in [6.45, 7) is 3.98. The lowest BCUT2D eigenvalue weighted by atomic mass is 10.0. The summed E-state index contributed by atoms with van der Waals surface area (Å²) in [4.78, 5) is 12.9. The summed E-state index contributed by atoms with van der Waals surface area (Å²) in [5, 5.41) is 8.31. The highest BCUT2D eigenvalue weighted by molar-refractivity contribution is 6.37. The van der Waals surface area contributed by atoms with E-state index in [1.54, 1.807) is 35.1 Å². The van der Waals surface area contributed by atoms with Gasteiger partial charge in [0, 0.05) is 29.5 Å². The monoisotopic (exact) mass is 503 g/mol. The molecule has 3 rings (SSSR count). The molecule has 11 heteroatoms. The number of nitrogens with two attached hydrogens (primary N) is 1. The summed E-state index contributed by atoms with van der Waals surface area (Å²) in [7, 11) is 6.11. The maximum atomic E-state index is 12.9. The maximum absolute atomic E-state index is 12.9. The molecule has 0 aliphatic rings. The zero-order chi connectivity index (χ0) is 25.7. The van der Waals surface area contributed by atoms with E-state index in [1.165, 1.54) is 28.4 Å². The zero-order valence-corrected chi connectivity index (χ0v) is 21.4. The number of carbonyl (C=O) groups is 1. The summed E-state index contributed by atoms with van der Waals surface area (Å²) in [5.41, 5.74) is 8.39. The maximum Gasteiger partial charge on any atom is 0.258 e. The fraction of sp³-hybridized carbons (Fsp3) is 0.375. The number of ether oxygens (including phenoxy) is 4. The number of amides is 1. The quantitative estimate of drug-likeness (QED) is 0.415. The Hall–Kier alpha value is -3.50. The standard InChI is InChI=1S/C24H30ClN5O5/c1-14(2)9-17(26)24(31)29(25)18-10-15(7-8-20(18)32-3)19-13-27-28-30(19)16-11-21(33-4)23(35-6)22(12-16)34-5/h7-8,10-14,17H,9,26H2,1-6H3. The van der Waals surface area contributed by atoms with Crippen LogP contribution in [0.1, 0.15) is 20.3 Å². The van der Waals surface area contributed by atoms with Gasteiger partial charge < -0.3 is 24.7 Å². The van der Waals surface area contributed by atoms with Crippen molar-refractivity contribution in [1.82, 2.24) is 15.0 Å². The molecular formula is C24H30ClN5O5. The smallest absolute Gasteiger partial charge is 0.258 e. The predicted molar refractivity (Wildman–Crippen MR) is 134 cm³/mol. The van der Waals surface area contributed by atoms with Gasteiger partial charge in [0.15, 0.2) is 11.5 Å². The second kappa shape index (κ2) is 11.3. The molecule has 1 atom stereocenters. The Morgan fingerprint density at radius 3 is 2.20 bits per heavy atom. The van der Waals surface area contributed by atoms with E-state index in [4.69, 9.17) is 36.5 Å². The van der Waals surface area contributed by atoms with E-state index in [1.807, 2.05) is 19.9 Å². The second-order valence-corrected chi connectivity index (χ2v) is 8.49. The Labute approximate surface area is 209 Å². The van der Waals surface area contributed by atoms with Crippen LogP contribution in [-0.2, 0) is 4.79 Å². The van der Waals surface area contributed by atoms with Crippen LogP contribution in [-0.4, -0.2) is 55.4 Å². The molecule has 0 spiro atoms. The number of hydrogen-bond donors (Lipinski definition) is 1. The van der Waals surface area contributed by atoms with Gasteiger partial charge >= 0.3 is 0 Å². The molecule has 1 unspecified atom stereocenters. The van der Waals surface area contributed by atoms with E-state index >= 15 is 0 Å². The second-order valence-electron chi connectivity index (χ2n) is 8.16. The van der Waals surface area contributed by atoms with Crippen LogP contribution < -0.4 is 29.1 Å². The number of anilines is 1. The topological polar surface area (TPSA) is 114 Å². The van der Waals surface area contributed by atoms with E-state index in [0.29, 0.717) is 52.1 Å². The number of rotatable bonds is 10. The van der Waals surface area contributed by atoms with E-state index in [0.717, 1.165) is 4.42 Å². The zero-order valence-electron chi connectivity index (χ0n) is 20.6. The normalized spacial score (nSPS) is 11.8. The first-order chi connectivity index (χ1) is 16.7. The van der Waals surface area contributed by atoms with Crippen LogP contribution in [0.4, 0.5) is 5.69 Å². The predicted octanol–water partition coefficient (Wildman–Crippen LogP) is 3.83. The van der Waals surface area contributed by atoms with E-state index in [-0.39, 0.29) is 5.92 Å². The van der Waals surface area contributed by atoms with Gasteiger partial charge in [-0.15, -0.1) is 5.10 Å².